The van der Waals surface area contributed by atoms with Gasteiger partial charge in [-0.1, -0.05) is 6.92 Å². The number of aromatic amines is 1. The maximum Gasteiger partial charge on any atom is 0.330 e. The third kappa shape index (κ3) is 2.13. The van der Waals surface area contributed by atoms with Crippen LogP contribution in [-0.2, 0) is 9.53 Å². The molecule has 1 aromatic heterocycles. The highest BCUT2D eigenvalue weighted by atomic mass is 19.1. The molecule has 1 aliphatic rings. The molecule has 2 heterocycles. The molecule has 1 saturated heterocycles. The van der Waals surface area contributed by atoms with Gasteiger partial charge in [0.15, 0.2) is 23.3 Å². The van der Waals surface area contributed by atoms with Crippen molar-refractivity contribution < 1.29 is 24.1 Å². The van der Waals surface area contributed by atoms with Gasteiger partial charge in [-0.15, -0.1) is 0 Å². The number of nitrogens with zero attached hydrogens (tertiary/aromatic N) is 1. The van der Waals surface area contributed by atoms with Crippen LogP contribution in [0, 0.1) is 0 Å². The Morgan fingerprint density at radius 3 is 2.68 bits per heavy atom. The van der Waals surface area contributed by atoms with Crippen molar-refractivity contribution in [3.8, 4) is 0 Å². The lowest BCUT2D eigenvalue weighted by Gasteiger charge is -2.34. The number of aromatic nitrogens is 2. The van der Waals surface area contributed by atoms with Gasteiger partial charge < -0.3 is 14.9 Å². The van der Waals surface area contributed by atoms with E-state index < -0.39 is 47.2 Å². The minimum absolute atomic E-state index is 0.177. The van der Waals surface area contributed by atoms with Crippen molar-refractivity contribution in [2.75, 3.05) is 6.61 Å². The number of halogens is 1. The fraction of sp³-hybridized carbons (Fsp3) is 0.615. The van der Waals surface area contributed by atoms with Crippen LogP contribution in [0.3, 0.4) is 0 Å². The first kappa shape index (κ1) is 16.5. The quantitative estimate of drug-likeness (QED) is 0.646. The molecule has 1 aliphatic heterocycles. The van der Waals surface area contributed by atoms with Crippen molar-refractivity contribution in [1.82, 2.24) is 9.55 Å². The molecule has 0 unspecified atom stereocenters. The molecule has 1 aromatic rings. The van der Waals surface area contributed by atoms with E-state index in [1.165, 1.54) is 6.92 Å². The van der Waals surface area contributed by atoms with Crippen LogP contribution >= 0.6 is 0 Å². The number of carbonyl (C=O) groups excluding carboxylic acids is 1. The molecule has 8 nitrogen and oxygen atoms in total. The maximum atomic E-state index is 15.2. The van der Waals surface area contributed by atoms with Gasteiger partial charge in [-0.2, -0.15) is 0 Å². The van der Waals surface area contributed by atoms with E-state index in [-0.39, 0.29) is 6.42 Å². The molecule has 0 amide bonds. The van der Waals surface area contributed by atoms with E-state index in [2.05, 4.69) is 0 Å². The molecule has 9 heteroatoms. The van der Waals surface area contributed by atoms with Gasteiger partial charge in [0.05, 0.1) is 6.61 Å². The number of aliphatic hydroxyl groups is 2. The lowest BCUT2D eigenvalue weighted by molar-refractivity contribution is -0.158. The van der Waals surface area contributed by atoms with Crippen molar-refractivity contribution in [3.05, 3.63) is 33.1 Å². The third-order valence-corrected chi connectivity index (χ3v) is 3.98. The summed E-state index contributed by atoms with van der Waals surface area (Å²) >= 11 is 0. The van der Waals surface area contributed by atoms with E-state index in [1.54, 1.807) is 0 Å². The predicted octanol–water partition coefficient (Wildman–Crippen LogP) is -1.14. The number of hydrogen-bond acceptors (Lipinski definition) is 6. The predicted molar refractivity (Wildman–Crippen MR) is 72.1 cm³/mol. The minimum atomic E-state index is -2.68. The van der Waals surface area contributed by atoms with Crippen LogP contribution in [0.2, 0.25) is 0 Å². The second kappa shape index (κ2) is 5.41. The smallest absolute Gasteiger partial charge is 0.330 e. The van der Waals surface area contributed by atoms with E-state index >= 15 is 4.39 Å². The van der Waals surface area contributed by atoms with Crippen LogP contribution in [0.15, 0.2) is 21.9 Å². The lowest BCUT2D eigenvalue weighted by atomic mass is 9.78. The molecule has 0 aliphatic carbocycles. The number of nitrogens with one attached hydrogen (secondary N) is 1. The first-order valence-corrected chi connectivity index (χ1v) is 6.72. The second-order valence-corrected chi connectivity index (χ2v) is 5.30. The SMILES string of the molecule is CCC(=O)[C@@]1(O)[C@@H](CO)O[C@@H](n2ccc(=O)[nH]c2=O)[C@@]1(C)F. The number of carbonyl (C=O) groups is 1. The van der Waals surface area contributed by atoms with E-state index in [0.717, 1.165) is 23.8 Å². The van der Waals surface area contributed by atoms with Crippen LogP contribution in [0.4, 0.5) is 4.39 Å². The lowest BCUT2D eigenvalue weighted by Crippen LogP contribution is -2.60. The fourth-order valence-electron chi connectivity index (χ4n) is 2.72. The molecule has 0 radical (unpaired) electrons. The van der Waals surface area contributed by atoms with Gasteiger partial charge in [0.1, 0.15) is 6.10 Å². The number of rotatable bonds is 4. The number of alkyl halides is 1. The molecule has 122 valence electrons. The Kier molecular flexibility index (Phi) is 4.07. The zero-order valence-electron chi connectivity index (χ0n) is 12.1. The summed E-state index contributed by atoms with van der Waals surface area (Å²) in [7, 11) is 0. The number of Topliss-reactive ketones (excluding diaryl/α,β-unsaturated/α-hetero) is 1. The van der Waals surface area contributed by atoms with Gasteiger partial charge in [0.2, 0.25) is 0 Å². The summed E-state index contributed by atoms with van der Waals surface area (Å²) in [5.41, 5.74) is -6.92. The molecule has 3 N–H and O–H groups in total. The van der Waals surface area contributed by atoms with Crippen LogP contribution in [0.1, 0.15) is 26.5 Å². The summed E-state index contributed by atoms with van der Waals surface area (Å²) in [5, 5.41) is 19.8. The molecule has 2 rings (SSSR count). The molecular formula is C13H17FN2O6. The van der Waals surface area contributed by atoms with Gasteiger partial charge >= 0.3 is 5.69 Å². The molecule has 0 saturated carbocycles. The first-order chi connectivity index (χ1) is 10.2. The Hall–Kier alpha value is -1.84. The van der Waals surface area contributed by atoms with Gasteiger partial charge in [-0.05, 0) is 6.92 Å². The van der Waals surface area contributed by atoms with Crippen molar-refractivity contribution in [3.63, 3.8) is 0 Å². The van der Waals surface area contributed by atoms with Crippen molar-refractivity contribution in [1.29, 1.82) is 0 Å². The average molecular weight is 316 g/mol. The summed E-state index contributed by atoms with van der Waals surface area (Å²) in [6.45, 7) is 1.54. The minimum Gasteiger partial charge on any atom is -0.394 e. The van der Waals surface area contributed by atoms with E-state index in [9.17, 15) is 24.6 Å². The van der Waals surface area contributed by atoms with Crippen LogP contribution in [-0.4, -0.2) is 49.5 Å². The summed E-state index contributed by atoms with van der Waals surface area (Å²) in [6, 6.07) is 0.980. The van der Waals surface area contributed by atoms with E-state index in [1.807, 2.05) is 4.98 Å². The summed E-state index contributed by atoms with van der Waals surface area (Å²) in [4.78, 5) is 36.8. The topological polar surface area (TPSA) is 122 Å². The van der Waals surface area contributed by atoms with Gasteiger partial charge in [0.25, 0.3) is 5.56 Å². The third-order valence-electron chi connectivity index (χ3n) is 3.98. The average Bonchev–Trinajstić information content (AvgIpc) is 2.67. The van der Waals surface area contributed by atoms with Gasteiger partial charge in [0, 0.05) is 18.7 Å². The molecule has 22 heavy (non-hydrogen) atoms. The Morgan fingerprint density at radius 1 is 1.55 bits per heavy atom. The molecule has 0 spiro atoms. The van der Waals surface area contributed by atoms with Crippen molar-refractivity contribution in [2.45, 2.75) is 43.9 Å². The Bertz CT molecular complexity index is 696. The number of ketones is 1. The Morgan fingerprint density at radius 2 is 2.18 bits per heavy atom. The standard InChI is InChI=1S/C13H17FN2O6/c1-3-7(18)13(21)8(6-17)22-10(12(13,2)14)16-5-4-9(19)15-11(16)20/h4-5,8,10,17,21H,3,6H2,1-2H3,(H,15,19,20)/t8-,10-,12-,13-/m1/s1. The van der Waals surface area contributed by atoms with Gasteiger partial charge in [-0.25, -0.2) is 9.18 Å². The molecular weight excluding hydrogens is 299 g/mol. The van der Waals surface area contributed by atoms with Gasteiger partial charge in [-0.3, -0.25) is 19.1 Å². The highest BCUT2D eigenvalue weighted by Gasteiger charge is 2.68. The highest BCUT2D eigenvalue weighted by molar-refractivity contribution is 5.89. The second-order valence-electron chi connectivity index (χ2n) is 5.30. The maximum absolute atomic E-state index is 15.2. The monoisotopic (exact) mass is 316 g/mol. The normalized spacial score (nSPS) is 34.8. The van der Waals surface area contributed by atoms with Crippen molar-refractivity contribution in [2.24, 2.45) is 0 Å². The van der Waals surface area contributed by atoms with Crippen LogP contribution in [0.5, 0.6) is 0 Å². The number of hydrogen-bond donors (Lipinski definition) is 3. The molecule has 1 fully saturated rings. The van der Waals surface area contributed by atoms with Crippen molar-refractivity contribution >= 4 is 5.78 Å². The largest absolute Gasteiger partial charge is 0.394 e. The molecule has 0 bridgehead atoms. The Balaban J connectivity index is 2.58. The zero-order chi connectivity index (χ0) is 16.7. The summed E-state index contributed by atoms with van der Waals surface area (Å²) < 4.78 is 21.1. The molecule has 0 aromatic carbocycles. The fourth-order valence-corrected chi connectivity index (χ4v) is 2.72. The van der Waals surface area contributed by atoms with Crippen LogP contribution in [0.25, 0.3) is 0 Å². The number of aliphatic hydroxyl groups excluding tert-OH is 1. The van der Waals surface area contributed by atoms with E-state index in [4.69, 9.17) is 4.74 Å². The summed E-state index contributed by atoms with van der Waals surface area (Å²) in [6.07, 6.45) is -2.38. The number of ether oxygens (including phenoxy) is 1. The van der Waals surface area contributed by atoms with E-state index in [0.29, 0.717) is 0 Å². The zero-order valence-corrected chi connectivity index (χ0v) is 12.1. The Labute approximate surface area is 124 Å². The van der Waals surface area contributed by atoms with Crippen LogP contribution < -0.4 is 11.2 Å². The highest BCUT2D eigenvalue weighted by Crippen LogP contribution is 2.48. The summed E-state index contributed by atoms with van der Waals surface area (Å²) in [5.74, 6) is -0.850. The number of H-pyrrole nitrogens is 1. The molecule has 4 atom stereocenters. The first-order valence-electron chi connectivity index (χ1n) is 6.72.